The second kappa shape index (κ2) is 7.07. The molecule has 0 fully saturated rings. The SMILES string of the molecule is O=C(CCc1ccccc1O)NCC(O)c1ccsc1. The molecule has 0 radical (unpaired) electrons. The monoisotopic (exact) mass is 291 g/mol. The molecule has 0 saturated carbocycles. The molecule has 4 nitrogen and oxygen atoms in total. The van der Waals surface area contributed by atoms with E-state index in [1.807, 2.05) is 22.9 Å². The van der Waals surface area contributed by atoms with Crippen molar-refractivity contribution < 1.29 is 15.0 Å². The van der Waals surface area contributed by atoms with Crippen molar-refractivity contribution in [3.8, 4) is 5.75 Å². The Labute approximate surface area is 121 Å². The van der Waals surface area contributed by atoms with Crippen LogP contribution in [0.15, 0.2) is 41.1 Å². The van der Waals surface area contributed by atoms with Crippen LogP contribution >= 0.6 is 11.3 Å². The number of nitrogens with one attached hydrogen (secondary N) is 1. The molecule has 0 aliphatic rings. The van der Waals surface area contributed by atoms with Crippen LogP contribution in [0.25, 0.3) is 0 Å². The van der Waals surface area contributed by atoms with Gasteiger partial charge in [0.05, 0.1) is 6.10 Å². The lowest BCUT2D eigenvalue weighted by Gasteiger charge is -2.10. The Bertz CT molecular complexity index is 554. The molecule has 0 saturated heterocycles. The topological polar surface area (TPSA) is 69.6 Å². The minimum atomic E-state index is -0.671. The molecule has 1 aromatic carbocycles. The molecule has 106 valence electrons. The van der Waals surface area contributed by atoms with E-state index in [9.17, 15) is 15.0 Å². The van der Waals surface area contributed by atoms with Crippen molar-refractivity contribution in [3.05, 3.63) is 52.2 Å². The lowest BCUT2D eigenvalue weighted by Crippen LogP contribution is -2.28. The number of aryl methyl sites for hydroxylation is 1. The van der Waals surface area contributed by atoms with Crippen molar-refractivity contribution in [2.75, 3.05) is 6.54 Å². The maximum Gasteiger partial charge on any atom is 0.220 e. The highest BCUT2D eigenvalue weighted by molar-refractivity contribution is 7.07. The summed E-state index contributed by atoms with van der Waals surface area (Å²) in [7, 11) is 0. The summed E-state index contributed by atoms with van der Waals surface area (Å²) in [6, 6.07) is 8.81. The maximum atomic E-state index is 11.7. The summed E-state index contributed by atoms with van der Waals surface area (Å²) in [5.41, 5.74) is 1.57. The number of phenols is 1. The van der Waals surface area contributed by atoms with Gasteiger partial charge in [-0.1, -0.05) is 18.2 Å². The molecular formula is C15H17NO3S. The molecule has 1 amide bonds. The fraction of sp³-hybridized carbons (Fsp3) is 0.267. The normalized spacial score (nSPS) is 12.1. The Kier molecular flexibility index (Phi) is 5.15. The number of amides is 1. The van der Waals surface area contributed by atoms with Gasteiger partial charge in [-0.25, -0.2) is 0 Å². The van der Waals surface area contributed by atoms with Gasteiger partial charge in [0.25, 0.3) is 0 Å². The van der Waals surface area contributed by atoms with Crippen LogP contribution in [0.3, 0.4) is 0 Å². The van der Waals surface area contributed by atoms with E-state index >= 15 is 0 Å². The fourth-order valence-corrected chi connectivity index (χ4v) is 2.56. The van der Waals surface area contributed by atoms with Crippen LogP contribution in [0.2, 0.25) is 0 Å². The van der Waals surface area contributed by atoms with E-state index < -0.39 is 6.10 Å². The van der Waals surface area contributed by atoms with E-state index in [1.165, 1.54) is 11.3 Å². The molecule has 2 rings (SSSR count). The van der Waals surface area contributed by atoms with Gasteiger partial charge in [-0.3, -0.25) is 4.79 Å². The summed E-state index contributed by atoms with van der Waals surface area (Å²) < 4.78 is 0. The first kappa shape index (κ1) is 14.6. The highest BCUT2D eigenvalue weighted by atomic mass is 32.1. The summed E-state index contributed by atoms with van der Waals surface area (Å²) in [5.74, 6) is 0.0705. The molecule has 0 aliphatic heterocycles. The van der Waals surface area contributed by atoms with E-state index in [0.717, 1.165) is 11.1 Å². The zero-order valence-corrected chi connectivity index (χ0v) is 11.8. The molecule has 20 heavy (non-hydrogen) atoms. The minimum absolute atomic E-state index is 0.137. The molecule has 5 heteroatoms. The lowest BCUT2D eigenvalue weighted by molar-refractivity contribution is -0.121. The van der Waals surface area contributed by atoms with Crippen LogP contribution in [0.4, 0.5) is 0 Å². The Balaban J connectivity index is 1.75. The van der Waals surface area contributed by atoms with Gasteiger partial charge in [-0.15, -0.1) is 0 Å². The van der Waals surface area contributed by atoms with Crippen molar-refractivity contribution >= 4 is 17.2 Å². The number of carbonyl (C=O) groups excluding carboxylic acids is 1. The van der Waals surface area contributed by atoms with Crippen LogP contribution in [-0.4, -0.2) is 22.7 Å². The van der Waals surface area contributed by atoms with Crippen LogP contribution in [0, 0.1) is 0 Å². The number of benzene rings is 1. The number of aliphatic hydroxyl groups excluding tert-OH is 1. The third-order valence-corrected chi connectivity index (χ3v) is 3.74. The van der Waals surface area contributed by atoms with Crippen molar-refractivity contribution in [1.29, 1.82) is 0 Å². The largest absolute Gasteiger partial charge is 0.508 e. The maximum absolute atomic E-state index is 11.7. The Morgan fingerprint density at radius 2 is 2.10 bits per heavy atom. The minimum Gasteiger partial charge on any atom is -0.508 e. The predicted molar refractivity (Wildman–Crippen MR) is 78.7 cm³/mol. The lowest BCUT2D eigenvalue weighted by atomic mass is 10.1. The van der Waals surface area contributed by atoms with Gasteiger partial charge >= 0.3 is 0 Å². The van der Waals surface area contributed by atoms with E-state index in [-0.39, 0.29) is 24.6 Å². The Morgan fingerprint density at radius 3 is 2.80 bits per heavy atom. The molecule has 2 aromatic rings. The molecule has 0 spiro atoms. The van der Waals surface area contributed by atoms with Gasteiger partial charge in [0, 0.05) is 13.0 Å². The first-order chi connectivity index (χ1) is 9.66. The zero-order valence-electron chi connectivity index (χ0n) is 11.0. The summed E-state index contributed by atoms with van der Waals surface area (Å²) in [4.78, 5) is 11.7. The van der Waals surface area contributed by atoms with E-state index in [0.29, 0.717) is 6.42 Å². The Morgan fingerprint density at radius 1 is 1.30 bits per heavy atom. The highest BCUT2D eigenvalue weighted by Gasteiger charge is 2.10. The zero-order chi connectivity index (χ0) is 14.4. The molecule has 0 aliphatic carbocycles. The van der Waals surface area contributed by atoms with Gasteiger partial charge in [-0.05, 0) is 40.4 Å². The third kappa shape index (κ3) is 4.08. The van der Waals surface area contributed by atoms with E-state index in [4.69, 9.17) is 0 Å². The number of aliphatic hydroxyl groups is 1. The van der Waals surface area contributed by atoms with Crippen LogP contribution in [0.1, 0.15) is 23.7 Å². The number of para-hydroxylation sites is 1. The molecule has 3 N–H and O–H groups in total. The Hall–Kier alpha value is -1.85. The quantitative estimate of drug-likeness (QED) is 0.764. The number of thiophene rings is 1. The van der Waals surface area contributed by atoms with Crippen molar-refractivity contribution in [2.45, 2.75) is 18.9 Å². The molecule has 1 unspecified atom stereocenters. The number of aromatic hydroxyl groups is 1. The van der Waals surface area contributed by atoms with Crippen molar-refractivity contribution in [1.82, 2.24) is 5.32 Å². The first-order valence-corrected chi connectivity index (χ1v) is 7.35. The molecule has 0 bridgehead atoms. The second-order valence-corrected chi connectivity index (χ2v) is 5.29. The van der Waals surface area contributed by atoms with E-state index in [1.54, 1.807) is 18.2 Å². The van der Waals surface area contributed by atoms with Gasteiger partial charge in [-0.2, -0.15) is 11.3 Å². The van der Waals surface area contributed by atoms with Crippen molar-refractivity contribution in [2.24, 2.45) is 0 Å². The standard InChI is InChI=1S/C15H17NO3S/c17-13-4-2-1-3-11(13)5-6-15(19)16-9-14(18)12-7-8-20-10-12/h1-4,7-8,10,14,17-18H,5-6,9H2,(H,16,19). The van der Waals surface area contributed by atoms with Crippen LogP contribution in [0.5, 0.6) is 5.75 Å². The fourth-order valence-electron chi connectivity index (χ4n) is 1.85. The molecule has 1 heterocycles. The van der Waals surface area contributed by atoms with Gasteiger partial charge in [0.1, 0.15) is 5.75 Å². The third-order valence-electron chi connectivity index (χ3n) is 3.03. The molecule has 1 atom stereocenters. The number of hydrogen-bond donors (Lipinski definition) is 3. The number of rotatable bonds is 6. The summed E-state index contributed by atoms with van der Waals surface area (Å²) in [5, 5.41) is 25.9. The summed E-state index contributed by atoms with van der Waals surface area (Å²) in [6.45, 7) is 0.205. The molecular weight excluding hydrogens is 274 g/mol. The van der Waals surface area contributed by atoms with Gasteiger partial charge in [0.15, 0.2) is 0 Å². The van der Waals surface area contributed by atoms with Gasteiger partial charge < -0.3 is 15.5 Å². The van der Waals surface area contributed by atoms with Crippen LogP contribution in [-0.2, 0) is 11.2 Å². The average Bonchev–Trinajstić information content (AvgIpc) is 2.98. The molecule has 1 aromatic heterocycles. The summed E-state index contributed by atoms with van der Waals surface area (Å²) >= 11 is 1.51. The van der Waals surface area contributed by atoms with E-state index in [2.05, 4.69) is 5.32 Å². The first-order valence-electron chi connectivity index (χ1n) is 6.40. The highest BCUT2D eigenvalue weighted by Crippen LogP contribution is 2.17. The van der Waals surface area contributed by atoms with Crippen LogP contribution < -0.4 is 5.32 Å². The smallest absolute Gasteiger partial charge is 0.220 e. The summed E-state index contributed by atoms with van der Waals surface area (Å²) in [6.07, 6.45) is 0.0939. The number of carbonyl (C=O) groups is 1. The number of phenolic OH excluding ortho intramolecular Hbond substituents is 1. The predicted octanol–water partition coefficient (Wildman–Crippen LogP) is 2.24. The number of hydrogen-bond acceptors (Lipinski definition) is 4. The van der Waals surface area contributed by atoms with Crippen molar-refractivity contribution in [3.63, 3.8) is 0 Å². The van der Waals surface area contributed by atoms with Gasteiger partial charge in [0.2, 0.25) is 5.91 Å². The average molecular weight is 291 g/mol. The second-order valence-electron chi connectivity index (χ2n) is 4.51.